The molecule has 0 radical (unpaired) electrons. The van der Waals surface area contributed by atoms with Gasteiger partial charge in [0.2, 0.25) is 0 Å². The maximum Gasteiger partial charge on any atom is 0.137 e. The molecule has 2 aliphatic rings. The Bertz CT molecular complexity index is 1130. The number of para-hydroxylation sites is 2. The van der Waals surface area contributed by atoms with Crippen molar-refractivity contribution >= 4 is 11.4 Å². The summed E-state index contributed by atoms with van der Waals surface area (Å²) in [6.07, 6.45) is 6.74. The van der Waals surface area contributed by atoms with Crippen LogP contribution in [0.3, 0.4) is 0 Å². The van der Waals surface area contributed by atoms with Gasteiger partial charge in [-0.05, 0) is 75.4 Å². The largest absolute Gasteiger partial charge is 0.318 e. The van der Waals surface area contributed by atoms with Crippen LogP contribution in [0.4, 0.5) is 11.4 Å². The van der Waals surface area contributed by atoms with Crippen LogP contribution in [-0.2, 0) is 0 Å². The number of benzene rings is 3. The summed E-state index contributed by atoms with van der Waals surface area (Å²) in [5.41, 5.74) is 11.0. The summed E-state index contributed by atoms with van der Waals surface area (Å²) >= 11 is 0. The van der Waals surface area contributed by atoms with Crippen molar-refractivity contribution in [1.29, 1.82) is 0 Å². The molecule has 1 fully saturated rings. The summed E-state index contributed by atoms with van der Waals surface area (Å²) in [6.45, 7) is 9.15. The molecule has 1 heterocycles. The van der Waals surface area contributed by atoms with Crippen molar-refractivity contribution in [2.45, 2.75) is 66.0 Å². The summed E-state index contributed by atoms with van der Waals surface area (Å²) in [6, 6.07) is 26.7. The third-order valence-corrected chi connectivity index (χ3v) is 7.68. The molecule has 0 N–H and O–H groups in total. The van der Waals surface area contributed by atoms with Crippen LogP contribution in [0.15, 0.2) is 84.2 Å². The molecule has 1 aliphatic heterocycles. The number of anilines is 2. The maximum absolute atomic E-state index is 2.67. The van der Waals surface area contributed by atoms with Crippen molar-refractivity contribution < 1.29 is 0 Å². The second-order valence-electron chi connectivity index (χ2n) is 9.85. The minimum Gasteiger partial charge on any atom is -0.318 e. The summed E-state index contributed by atoms with van der Waals surface area (Å²) < 4.78 is 0. The first kappa shape index (κ1) is 21.8. The first-order valence-electron chi connectivity index (χ1n) is 12.5. The zero-order valence-electron chi connectivity index (χ0n) is 20.5. The van der Waals surface area contributed by atoms with Gasteiger partial charge in [0.05, 0.1) is 0 Å². The molecule has 1 aliphatic carbocycles. The molecule has 0 amide bonds. The van der Waals surface area contributed by atoms with E-state index in [0.717, 1.165) is 0 Å². The van der Waals surface area contributed by atoms with E-state index in [9.17, 15) is 0 Å². The average Bonchev–Trinajstić information content (AvgIpc) is 3.13. The summed E-state index contributed by atoms with van der Waals surface area (Å²) in [4.78, 5) is 5.30. The molecular weight excluding hydrogens is 400 g/mol. The predicted molar refractivity (Wildman–Crippen MR) is 141 cm³/mol. The highest BCUT2D eigenvalue weighted by molar-refractivity contribution is 5.71. The lowest BCUT2D eigenvalue weighted by atomic mass is 9.85. The van der Waals surface area contributed by atoms with Crippen LogP contribution in [0.2, 0.25) is 0 Å². The van der Waals surface area contributed by atoms with E-state index in [1.54, 1.807) is 0 Å². The van der Waals surface area contributed by atoms with Gasteiger partial charge in [0.15, 0.2) is 0 Å². The van der Waals surface area contributed by atoms with Gasteiger partial charge in [-0.3, -0.25) is 0 Å². The van der Waals surface area contributed by atoms with Crippen LogP contribution in [0.5, 0.6) is 0 Å². The molecule has 3 aromatic rings. The van der Waals surface area contributed by atoms with Crippen LogP contribution in [0.25, 0.3) is 0 Å². The predicted octanol–water partition coefficient (Wildman–Crippen LogP) is 8.45. The lowest BCUT2D eigenvalue weighted by Crippen LogP contribution is -2.35. The number of nitrogens with zero attached hydrogens (tertiary/aromatic N) is 2. The zero-order valence-corrected chi connectivity index (χ0v) is 20.5. The summed E-state index contributed by atoms with van der Waals surface area (Å²) in [7, 11) is 0. The lowest BCUT2D eigenvalue weighted by molar-refractivity contribution is 0.394. The maximum atomic E-state index is 2.67. The Kier molecular flexibility index (Phi) is 6.01. The normalized spacial score (nSPS) is 19.5. The van der Waals surface area contributed by atoms with Gasteiger partial charge in [-0.15, -0.1) is 0 Å². The number of rotatable bonds is 4. The molecule has 1 saturated carbocycles. The fourth-order valence-electron chi connectivity index (χ4n) is 6.10. The molecule has 33 heavy (non-hydrogen) atoms. The van der Waals surface area contributed by atoms with Crippen LogP contribution in [0.1, 0.15) is 67.4 Å². The third-order valence-electron chi connectivity index (χ3n) is 7.68. The highest BCUT2D eigenvalue weighted by Gasteiger charge is 2.43. The van der Waals surface area contributed by atoms with Crippen molar-refractivity contribution in [3.63, 3.8) is 0 Å². The van der Waals surface area contributed by atoms with E-state index in [1.165, 1.54) is 77.1 Å². The SMILES string of the molecule is CC1=C(C2CCCCC2)N(c2ccccc2)C(c2c(C)cccc2C)N1c1ccccc1C. The summed E-state index contributed by atoms with van der Waals surface area (Å²) in [5.74, 6) is 0.611. The van der Waals surface area contributed by atoms with Crippen molar-refractivity contribution in [1.82, 2.24) is 0 Å². The van der Waals surface area contributed by atoms with E-state index in [0.29, 0.717) is 5.92 Å². The van der Waals surface area contributed by atoms with Crippen molar-refractivity contribution in [3.8, 4) is 0 Å². The molecule has 0 aromatic heterocycles. The van der Waals surface area contributed by atoms with Gasteiger partial charge >= 0.3 is 0 Å². The topological polar surface area (TPSA) is 6.48 Å². The Morgan fingerprint density at radius 2 is 1.21 bits per heavy atom. The van der Waals surface area contributed by atoms with E-state index in [-0.39, 0.29) is 6.17 Å². The number of hydrogen-bond donors (Lipinski definition) is 0. The molecule has 1 atom stereocenters. The highest BCUT2D eigenvalue weighted by atomic mass is 15.4. The van der Waals surface area contributed by atoms with Gasteiger partial charge in [-0.1, -0.05) is 73.9 Å². The van der Waals surface area contributed by atoms with Gasteiger partial charge in [0, 0.05) is 34.3 Å². The van der Waals surface area contributed by atoms with Crippen LogP contribution >= 0.6 is 0 Å². The molecule has 0 saturated heterocycles. The quantitative estimate of drug-likeness (QED) is 0.405. The Morgan fingerprint density at radius 1 is 0.606 bits per heavy atom. The van der Waals surface area contributed by atoms with Gasteiger partial charge in [-0.25, -0.2) is 0 Å². The van der Waals surface area contributed by atoms with Gasteiger partial charge in [0.1, 0.15) is 6.17 Å². The standard InChI is InChI=1S/C31H36N2/c1-22-14-11-12-21-28(22)32-25(4)30(26-17-7-5-8-18-26)33(27-19-9-6-10-20-27)31(32)29-23(2)15-13-16-24(29)3/h6,9-16,19-21,26,31H,5,7-8,17-18H2,1-4H3. The van der Waals surface area contributed by atoms with Gasteiger partial charge < -0.3 is 9.80 Å². The van der Waals surface area contributed by atoms with Crippen LogP contribution < -0.4 is 9.80 Å². The first-order valence-corrected chi connectivity index (χ1v) is 12.5. The Balaban J connectivity index is 1.78. The van der Waals surface area contributed by atoms with Crippen molar-refractivity contribution in [2.75, 3.05) is 9.80 Å². The average molecular weight is 437 g/mol. The second-order valence-corrected chi connectivity index (χ2v) is 9.85. The molecule has 0 bridgehead atoms. The van der Waals surface area contributed by atoms with Gasteiger partial charge in [-0.2, -0.15) is 0 Å². The molecular formula is C31H36N2. The fourth-order valence-corrected chi connectivity index (χ4v) is 6.10. The Labute approximate surface area is 199 Å². The molecule has 5 rings (SSSR count). The molecule has 1 unspecified atom stereocenters. The second kappa shape index (κ2) is 9.09. The van der Waals surface area contributed by atoms with E-state index < -0.39 is 0 Å². The van der Waals surface area contributed by atoms with E-state index in [4.69, 9.17) is 0 Å². The highest BCUT2D eigenvalue weighted by Crippen LogP contribution is 2.51. The monoisotopic (exact) mass is 436 g/mol. The Morgan fingerprint density at radius 3 is 1.88 bits per heavy atom. The van der Waals surface area contributed by atoms with E-state index in [2.05, 4.69) is 110 Å². The molecule has 170 valence electrons. The number of aryl methyl sites for hydroxylation is 3. The molecule has 3 aromatic carbocycles. The minimum absolute atomic E-state index is 0.117. The lowest BCUT2D eigenvalue weighted by Gasteiger charge is -2.39. The van der Waals surface area contributed by atoms with Crippen LogP contribution in [-0.4, -0.2) is 0 Å². The molecule has 0 spiro atoms. The smallest absolute Gasteiger partial charge is 0.137 e. The van der Waals surface area contributed by atoms with Crippen LogP contribution in [0, 0.1) is 26.7 Å². The van der Waals surface area contributed by atoms with E-state index >= 15 is 0 Å². The summed E-state index contributed by atoms with van der Waals surface area (Å²) in [5, 5.41) is 0. The number of allylic oxidation sites excluding steroid dienone is 2. The molecule has 2 nitrogen and oxygen atoms in total. The number of hydrogen-bond acceptors (Lipinski definition) is 2. The zero-order chi connectivity index (χ0) is 22.9. The van der Waals surface area contributed by atoms with Gasteiger partial charge in [0.25, 0.3) is 0 Å². The Hall–Kier alpha value is -3.00. The van der Waals surface area contributed by atoms with Crippen molar-refractivity contribution in [2.24, 2.45) is 5.92 Å². The van der Waals surface area contributed by atoms with E-state index in [1.807, 2.05) is 0 Å². The van der Waals surface area contributed by atoms with Crippen molar-refractivity contribution in [3.05, 3.63) is 106 Å². The third kappa shape index (κ3) is 3.86. The molecule has 2 heteroatoms. The fraction of sp³-hybridized carbons (Fsp3) is 0.355. The first-order chi connectivity index (χ1) is 16.1. The minimum atomic E-state index is 0.117.